The summed E-state index contributed by atoms with van der Waals surface area (Å²) in [5, 5.41) is 8.04. The summed E-state index contributed by atoms with van der Waals surface area (Å²) in [6.07, 6.45) is 3.77. The number of anilines is 1. The molecule has 2 aromatic heterocycles. The first-order valence-corrected chi connectivity index (χ1v) is 6.65. The summed E-state index contributed by atoms with van der Waals surface area (Å²) >= 11 is 0. The molecule has 4 nitrogen and oxygen atoms in total. The molecule has 0 bridgehead atoms. The Morgan fingerprint density at radius 3 is 2.89 bits per heavy atom. The fraction of sp³-hybridized carbons (Fsp3) is 0.571. The van der Waals surface area contributed by atoms with Gasteiger partial charge in [-0.2, -0.15) is 4.98 Å². The Balaban J connectivity index is 1.89. The van der Waals surface area contributed by atoms with Gasteiger partial charge in [-0.15, -0.1) is 5.10 Å². The second-order valence-electron chi connectivity index (χ2n) is 5.95. The topological polar surface area (TPSA) is 42.2 Å². The Labute approximate surface area is 107 Å². The number of hydrogen-bond acceptors (Lipinski definition) is 3. The molecule has 2 heterocycles. The molecule has 0 saturated heterocycles. The number of rotatable bonds is 2. The summed E-state index contributed by atoms with van der Waals surface area (Å²) in [6, 6.07) is 6.54. The Morgan fingerprint density at radius 1 is 1.39 bits per heavy atom. The average molecular weight is 244 g/mol. The van der Waals surface area contributed by atoms with Gasteiger partial charge in [-0.1, -0.05) is 26.3 Å². The summed E-state index contributed by atoms with van der Waals surface area (Å²) in [5.74, 6) is 0.754. The number of pyridine rings is 1. The standard InChI is InChI=1S/C14H20N4/c1-10-6-4-8-12-16-13(17-18(10)12)15-11-7-5-9-14(11,2)3/h4,6,8,11H,5,7,9H2,1-3H3,(H,15,17). The van der Waals surface area contributed by atoms with Crippen LogP contribution in [0.4, 0.5) is 5.95 Å². The van der Waals surface area contributed by atoms with Crippen molar-refractivity contribution in [2.24, 2.45) is 5.41 Å². The minimum atomic E-state index is 0.340. The third-order valence-corrected chi connectivity index (χ3v) is 4.11. The van der Waals surface area contributed by atoms with E-state index < -0.39 is 0 Å². The molecular weight excluding hydrogens is 224 g/mol. The first-order valence-electron chi connectivity index (χ1n) is 6.65. The van der Waals surface area contributed by atoms with Crippen LogP contribution in [0.25, 0.3) is 5.65 Å². The van der Waals surface area contributed by atoms with Gasteiger partial charge in [0.25, 0.3) is 0 Å². The normalized spacial score (nSPS) is 22.5. The maximum Gasteiger partial charge on any atom is 0.243 e. The molecule has 1 atom stereocenters. The number of aryl methyl sites for hydroxylation is 1. The van der Waals surface area contributed by atoms with Crippen LogP contribution in [0.15, 0.2) is 18.2 Å². The number of hydrogen-bond donors (Lipinski definition) is 1. The molecule has 0 amide bonds. The van der Waals surface area contributed by atoms with E-state index in [2.05, 4.69) is 29.2 Å². The SMILES string of the molecule is Cc1cccc2nc(NC3CCCC3(C)C)nn12. The van der Waals surface area contributed by atoms with Gasteiger partial charge in [-0.25, -0.2) is 4.52 Å². The quantitative estimate of drug-likeness (QED) is 0.883. The van der Waals surface area contributed by atoms with Crippen molar-refractivity contribution in [1.82, 2.24) is 14.6 Å². The van der Waals surface area contributed by atoms with E-state index >= 15 is 0 Å². The first kappa shape index (κ1) is 11.5. The molecule has 2 aromatic rings. The molecule has 1 saturated carbocycles. The molecule has 18 heavy (non-hydrogen) atoms. The third kappa shape index (κ3) is 1.85. The molecule has 3 rings (SSSR count). The second-order valence-corrected chi connectivity index (χ2v) is 5.95. The van der Waals surface area contributed by atoms with Crippen LogP contribution >= 0.6 is 0 Å². The van der Waals surface area contributed by atoms with Crippen molar-refractivity contribution >= 4 is 11.6 Å². The van der Waals surface area contributed by atoms with Gasteiger partial charge in [-0.3, -0.25) is 0 Å². The molecule has 1 fully saturated rings. The summed E-state index contributed by atoms with van der Waals surface area (Å²) < 4.78 is 1.89. The van der Waals surface area contributed by atoms with Crippen molar-refractivity contribution in [1.29, 1.82) is 0 Å². The van der Waals surface area contributed by atoms with Crippen LogP contribution in [0.3, 0.4) is 0 Å². The van der Waals surface area contributed by atoms with Crippen LogP contribution in [0.5, 0.6) is 0 Å². The number of nitrogens with zero attached hydrogens (tertiary/aromatic N) is 3. The van der Waals surface area contributed by atoms with E-state index in [1.165, 1.54) is 19.3 Å². The summed E-state index contributed by atoms with van der Waals surface area (Å²) in [6.45, 7) is 6.68. The lowest BCUT2D eigenvalue weighted by molar-refractivity contribution is 0.349. The van der Waals surface area contributed by atoms with Crippen molar-refractivity contribution in [3.63, 3.8) is 0 Å². The van der Waals surface area contributed by atoms with Crippen LogP contribution in [-0.2, 0) is 0 Å². The molecule has 96 valence electrons. The monoisotopic (exact) mass is 244 g/mol. The van der Waals surface area contributed by atoms with E-state index in [-0.39, 0.29) is 0 Å². The van der Waals surface area contributed by atoms with E-state index in [1.54, 1.807) is 0 Å². The minimum absolute atomic E-state index is 0.340. The molecule has 0 aromatic carbocycles. The van der Waals surface area contributed by atoms with Gasteiger partial charge in [-0.05, 0) is 37.3 Å². The van der Waals surface area contributed by atoms with Crippen LogP contribution in [0, 0.1) is 12.3 Å². The highest BCUT2D eigenvalue weighted by molar-refractivity contribution is 5.45. The van der Waals surface area contributed by atoms with Gasteiger partial charge in [0, 0.05) is 11.7 Å². The Kier molecular flexibility index (Phi) is 2.54. The summed E-state index contributed by atoms with van der Waals surface area (Å²) in [5.41, 5.74) is 2.36. The molecule has 0 radical (unpaired) electrons. The fourth-order valence-electron chi connectivity index (χ4n) is 2.85. The molecule has 4 heteroatoms. The maximum absolute atomic E-state index is 4.54. The van der Waals surface area contributed by atoms with Crippen LogP contribution in [0.1, 0.15) is 38.8 Å². The van der Waals surface area contributed by atoms with E-state index in [0.29, 0.717) is 11.5 Å². The van der Waals surface area contributed by atoms with Gasteiger partial charge in [0.2, 0.25) is 5.95 Å². The van der Waals surface area contributed by atoms with E-state index in [1.807, 2.05) is 29.6 Å². The molecule has 1 aliphatic carbocycles. The molecule has 0 aliphatic heterocycles. The van der Waals surface area contributed by atoms with Crippen molar-refractivity contribution in [2.45, 2.75) is 46.1 Å². The van der Waals surface area contributed by atoms with Gasteiger partial charge >= 0.3 is 0 Å². The van der Waals surface area contributed by atoms with E-state index in [0.717, 1.165) is 17.3 Å². The zero-order valence-corrected chi connectivity index (χ0v) is 11.3. The summed E-state index contributed by atoms with van der Waals surface area (Å²) in [4.78, 5) is 4.54. The number of aromatic nitrogens is 3. The Hall–Kier alpha value is -1.58. The van der Waals surface area contributed by atoms with Crippen LogP contribution in [-0.4, -0.2) is 20.6 Å². The fourth-order valence-corrected chi connectivity index (χ4v) is 2.85. The Morgan fingerprint density at radius 2 is 2.22 bits per heavy atom. The first-order chi connectivity index (χ1) is 8.56. The van der Waals surface area contributed by atoms with Crippen molar-refractivity contribution in [3.8, 4) is 0 Å². The second kappa shape index (κ2) is 3.97. The van der Waals surface area contributed by atoms with Crippen molar-refractivity contribution in [3.05, 3.63) is 23.9 Å². The van der Waals surface area contributed by atoms with Crippen molar-refractivity contribution < 1.29 is 0 Å². The predicted octanol–water partition coefficient (Wildman–Crippen LogP) is 3.03. The zero-order valence-electron chi connectivity index (χ0n) is 11.3. The van der Waals surface area contributed by atoms with Gasteiger partial charge in [0.15, 0.2) is 5.65 Å². The van der Waals surface area contributed by atoms with Gasteiger partial charge in [0.05, 0.1) is 0 Å². The molecule has 1 aliphatic rings. The van der Waals surface area contributed by atoms with E-state index in [4.69, 9.17) is 0 Å². The number of nitrogens with one attached hydrogen (secondary N) is 1. The minimum Gasteiger partial charge on any atom is -0.350 e. The lowest BCUT2D eigenvalue weighted by Gasteiger charge is -2.27. The average Bonchev–Trinajstić information content (AvgIpc) is 2.84. The molecular formula is C14H20N4. The molecule has 1 N–H and O–H groups in total. The smallest absolute Gasteiger partial charge is 0.243 e. The zero-order chi connectivity index (χ0) is 12.8. The largest absolute Gasteiger partial charge is 0.350 e. The van der Waals surface area contributed by atoms with Gasteiger partial charge in [0.1, 0.15) is 0 Å². The third-order valence-electron chi connectivity index (χ3n) is 4.11. The van der Waals surface area contributed by atoms with Crippen LogP contribution in [0.2, 0.25) is 0 Å². The summed E-state index contributed by atoms with van der Waals surface area (Å²) in [7, 11) is 0. The van der Waals surface area contributed by atoms with E-state index in [9.17, 15) is 0 Å². The molecule has 1 unspecified atom stereocenters. The van der Waals surface area contributed by atoms with Crippen LogP contribution < -0.4 is 5.32 Å². The Bertz CT molecular complexity index is 570. The highest BCUT2D eigenvalue weighted by atomic mass is 15.4. The lowest BCUT2D eigenvalue weighted by Crippen LogP contribution is -2.31. The molecule has 0 spiro atoms. The highest BCUT2D eigenvalue weighted by Crippen LogP contribution is 2.38. The maximum atomic E-state index is 4.54. The predicted molar refractivity (Wildman–Crippen MR) is 72.8 cm³/mol. The highest BCUT2D eigenvalue weighted by Gasteiger charge is 2.34. The number of fused-ring (bicyclic) bond motifs is 1. The van der Waals surface area contributed by atoms with Gasteiger partial charge < -0.3 is 5.32 Å². The lowest BCUT2D eigenvalue weighted by atomic mass is 9.87. The van der Waals surface area contributed by atoms with Crippen molar-refractivity contribution in [2.75, 3.05) is 5.32 Å².